The van der Waals surface area contributed by atoms with E-state index < -0.39 is 0 Å². The fraction of sp³-hybridized carbons (Fsp3) is 0.545. The monoisotopic (exact) mass is 292 g/mol. The van der Waals surface area contributed by atoms with Crippen molar-refractivity contribution in [1.29, 1.82) is 0 Å². The van der Waals surface area contributed by atoms with Gasteiger partial charge in [-0.05, 0) is 31.7 Å². The molecule has 1 aliphatic carbocycles. The number of thiophene rings is 1. The van der Waals surface area contributed by atoms with Crippen LogP contribution in [0.1, 0.15) is 30.1 Å². The molecule has 0 spiro atoms. The number of carbonyl (C=O) groups is 1. The Hall–Kier alpha value is -0.290. The highest BCUT2D eigenvalue weighted by Crippen LogP contribution is 2.39. The Kier molecular flexibility index (Phi) is 3.69. The molecule has 94 valence electrons. The molecule has 0 aromatic carbocycles. The van der Waals surface area contributed by atoms with Crippen molar-refractivity contribution in [3.63, 3.8) is 0 Å². The summed E-state index contributed by atoms with van der Waals surface area (Å²) in [7, 11) is 0. The second-order valence-corrected chi connectivity index (χ2v) is 6.87. The number of hydrogen-bond donors (Lipinski definition) is 2. The SMILES string of the molecule is CC(CN)(NC(=O)c1cc(Cl)sc1Cl)C1CC1. The summed E-state index contributed by atoms with van der Waals surface area (Å²) in [6.07, 6.45) is 2.23. The second-order valence-electron chi connectivity index (χ2n) is 4.59. The first kappa shape index (κ1) is 13.1. The highest BCUT2D eigenvalue weighted by Gasteiger charge is 2.41. The molecule has 1 amide bonds. The highest BCUT2D eigenvalue weighted by atomic mass is 35.5. The van der Waals surface area contributed by atoms with Gasteiger partial charge in [0.2, 0.25) is 0 Å². The first-order valence-electron chi connectivity index (χ1n) is 5.43. The van der Waals surface area contributed by atoms with Gasteiger partial charge in [-0.2, -0.15) is 0 Å². The molecule has 0 bridgehead atoms. The Morgan fingerprint density at radius 3 is 2.71 bits per heavy atom. The molecular formula is C11H14Cl2N2OS. The summed E-state index contributed by atoms with van der Waals surface area (Å²) in [5.41, 5.74) is 5.84. The average molecular weight is 293 g/mol. The van der Waals surface area contributed by atoms with Crippen molar-refractivity contribution in [2.45, 2.75) is 25.3 Å². The lowest BCUT2D eigenvalue weighted by Gasteiger charge is -2.29. The van der Waals surface area contributed by atoms with Crippen molar-refractivity contribution in [2.24, 2.45) is 11.7 Å². The largest absolute Gasteiger partial charge is 0.345 e. The minimum absolute atomic E-state index is 0.196. The van der Waals surface area contributed by atoms with Crippen LogP contribution < -0.4 is 11.1 Å². The molecule has 0 saturated heterocycles. The van der Waals surface area contributed by atoms with E-state index in [-0.39, 0.29) is 11.4 Å². The van der Waals surface area contributed by atoms with Crippen molar-refractivity contribution in [3.05, 3.63) is 20.3 Å². The van der Waals surface area contributed by atoms with Crippen LogP contribution in [0.15, 0.2) is 6.07 Å². The molecule has 1 aromatic heterocycles. The van der Waals surface area contributed by atoms with Crippen LogP contribution in [-0.2, 0) is 0 Å². The van der Waals surface area contributed by atoms with Crippen molar-refractivity contribution >= 4 is 40.4 Å². The van der Waals surface area contributed by atoms with E-state index in [1.807, 2.05) is 6.92 Å². The molecule has 1 atom stereocenters. The number of carbonyl (C=O) groups excluding carboxylic acids is 1. The zero-order valence-corrected chi connectivity index (χ0v) is 11.8. The van der Waals surface area contributed by atoms with Gasteiger partial charge in [-0.15, -0.1) is 11.3 Å². The predicted octanol–water partition coefficient (Wildman–Crippen LogP) is 2.91. The molecule has 1 fully saturated rings. The average Bonchev–Trinajstić information content (AvgIpc) is 3.05. The number of nitrogens with two attached hydrogens (primary N) is 1. The summed E-state index contributed by atoms with van der Waals surface area (Å²) in [6.45, 7) is 2.41. The maximum atomic E-state index is 12.1. The van der Waals surface area contributed by atoms with E-state index in [2.05, 4.69) is 5.32 Å². The summed E-state index contributed by atoms with van der Waals surface area (Å²) in [6, 6.07) is 1.59. The molecule has 0 radical (unpaired) electrons. The maximum absolute atomic E-state index is 12.1. The van der Waals surface area contributed by atoms with Gasteiger partial charge >= 0.3 is 0 Å². The predicted molar refractivity (Wildman–Crippen MR) is 72.0 cm³/mol. The van der Waals surface area contributed by atoms with E-state index in [1.165, 1.54) is 11.3 Å². The Balaban J connectivity index is 2.13. The van der Waals surface area contributed by atoms with Gasteiger partial charge in [0.1, 0.15) is 4.34 Å². The third kappa shape index (κ3) is 2.76. The van der Waals surface area contributed by atoms with E-state index in [4.69, 9.17) is 28.9 Å². The molecule has 0 aliphatic heterocycles. The number of amides is 1. The smallest absolute Gasteiger partial charge is 0.254 e. The summed E-state index contributed by atoms with van der Waals surface area (Å²) >= 11 is 13.0. The molecule has 1 aliphatic rings. The zero-order valence-electron chi connectivity index (χ0n) is 9.43. The van der Waals surface area contributed by atoms with Crippen molar-refractivity contribution in [2.75, 3.05) is 6.54 Å². The maximum Gasteiger partial charge on any atom is 0.254 e. The van der Waals surface area contributed by atoms with Crippen LogP contribution in [0, 0.1) is 5.92 Å². The van der Waals surface area contributed by atoms with Gasteiger partial charge in [-0.25, -0.2) is 0 Å². The third-order valence-electron chi connectivity index (χ3n) is 3.20. The Morgan fingerprint density at radius 1 is 1.65 bits per heavy atom. The van der Waals surface area contributed by atoms with Crippen LogP contribution in [0.2, 0.25) is 8.67 Å². The standard InChI is InChI=1S/C11H14Cl2N2OS/c1-11(5-14,6-2-3-6)15-10(16)7-4-8(12)17-9(7)13/h4,6H,2-3,5,14H2,1H3,(H,15,16). The van der Waals surface area contributed by atoms with Gasteiger partial charge < -0.3 is 11.1 Å². The number of nitrogens with one attached hydrogen (secondary N) is 1. The van der Waals surface area contributed by atoms with Crippen LogP contribution >= 0.6 is 34.5 Å². The fourth-order valence-electron chi connectivity index (χ4n) is 1.86. The molecular weight excluding hydrogens is 279 g/mol. The van der Waals surface area contributed by atoms with Crippen molar-refractivity contribution in [1.82, 2.24) is 5.32 Å². The Labute approximate surface area is 114 Å². The van der Waals surface area contributed by atoms with Crippen LogP contribution in [0.4, 0.5) is 0 Å². The van der Waals surface area contributed by atoms with Gasteiger partial charge in [0.05, 0.1) is 15.4 Å². The van der Waals surface area contributed by atoms with E-state index in [9.17, 15) is 4.79 Å². The summed E-state index contributed by atoms with van der Waals surface area (Å²) in [4.78, 5) is 12.1. The topological polar surface area (TPSA) is 55.1 Å². The van der Waals surface area contributed by atoms with Crippen LogP contribution in [0.3, 0.4) is 0 Å². The Bertz CT molecular complexity index is 445. The molecule has 3 nitrogen and oxygen atoms in total. The lowest BCUT2D eigenvalue weighted by molar-refractivity contribution is 0.0898. The number of rotatable bonds is 4. The summed E-state index contributed by atoms with van der Waals surface area (Å²) in [5, 5.41) is 2.98. The first-order valence-corrected chi connectivity index (χ1v) is 7.01. The molecule has 1 aromatic rings. The van der Waals surface area contributed by atoms with Crippen LogP contribution in [-0.4, -0.2) is 18.0 Å². The number of halogens is 2. The minimum atomic E-state index is -0.338. The van der Waals surface area contributed by atoms with E-state index in [0.717, 1.165) is 12.8 Å². The molecule has 17 heavy (non-hydrogen) atoms. The van der Waals surface area contributed by atoms with E-state index >= 15 is 0 Å². The van der Waals surface area contributed by atoms with Gasteiger partial charge in [-0.3, -0.25) is 4.79 Å². The molecule has 3 N–H and O–H groups in total. The fourth-order valence-corrected chi connectivity index (χ4v) is 3.32. The third-order valence-corrected chi connectivity index (χ3v) is 4.69. The Morgan fingerprint density at radius 2 is 2.29 bits per heavy atom. The molecule has 6 heteroatoms. The van der Waals surface area contributed by atoms with E-state index in [0.29, 0.717) is 26.7 Å². The van der Waals surface area contributed by atoms with Gasteiger partial charge in [0.15, 0.2) is 0 Å². The highest BCUT2D eigenvalue weighted by molar-refractivity contribution is 7.20. The molecule has 1 saturated carbocycles. The van der Waals surface area contributed by atoms with E-state index in [1.54, 1.807) is 6.07 Å². The lowest BCUT2D eigenvalue weighted by atomic mass is 9.95. The summed E-state index contributed by atoms with van der Waals surface area (Å²) in [5.74, 6) is 0.280. The zero-order chi connectivity index (χ0) is 12.6. The van der Waals surface area contributed by atoms with Gasteiger partial charge in [-0.1, -0.05) is 23.2 Å². The molecule has 1 unspecified atom stereocenters. The van der Waals surface area contributed by atoms with Gasteiger partial charge in [0.25, 0.3) is 5.91 Å². The lowest BCUT2D eigenvalue weighted by Crippen LogP contribution is -2.53. The van der Waals surface area contributed by atoms with Crippen LogP contribution in [0.5, 0.6) is 0 Å². The normalized spacial score (nSPS) is 18.8. The van der Waals surface area contributed by atoms with Gasteiger partial charge in [0, 0.05) is 6.54 Å². The van der Waals surface area contributed by atoms with Crippen molar-refractivity contribution in [3.8, 4) is 0 Å². The number of hydrogen-bond acceptors (Lipinski definition) is 3. The first-order chi connectivity index (χ1) is 7.96. The second kappa shape index (κ2) is 4.76. The molecule has 1 heterocycles. The van der Waals surface area contributed by atoms with Crippen LogP contribution in [0.25, 0.3) is 0 Å². The quantitative estimate of drug-likeness (QED) is 0.896. The molecule has 2 rings (SSSR count). The van der Waals surface area contributed by atoms with Crippen molar-refractivity contribution < 1.29 is 4.79 Å². The minimum Gasteiger partial charge on any atom is -0.345 e. The summed E-state index contributed by atoms with van der Waals surface area (Å²) < 4.78 is 0.934.